The second kappa shape index (κ2) is 3.92. The van der Waals surface area contributed by atoms with E-state index in [0.29, 0.717) is 5.41 Å². The van der Waals surface area contributed by atoms with Crippen LogP contribution in [0.1, 0.15) is 53.4 Å². The summed E-state index contributed by atoms with van der Waals surface area (Å²) in [5.74, 6) is 0.178. The third-order valence-electron chi connectivity index (χ3n) is 3.47. The Morgan fingerprint density at radius 3 is 2.21 bits per heavy atom. The molecule has 0 aliphatic heterocycles. The summed E-state index contributed by atoms with van der Waals surface area (Å²) >= 11 is 0. The molecule has 0 aromatic rings. The molecule has 0 aromatic carbocycles. The quantitative estimate of drug-likeness (QED) is 0.740. The van der Waals surface area contributed by atoms with Crippen LogP contribution < -0.4 is 5.32 Å². The highest BCUT2D eigenvalue weighted by atomic mass is 16.2. The first-order valence-corrected chi connectivity index (χ1v) is 5.68. The first-order valence-electron chi connectivity index (χ1n) is 5.68. The summed E-state index contributed by atoms with van der Waals surface area (Å²) in [4.78, 5) is 11.7. The lowest BCUT2D eigenvalue weighted by Gasteiger charge is -2.41. The van der Waals surface area contributed by atoms with Crippen LogP contribution in [0, 0.1) is 10.8 Å². The summed E-state index contributed by atoms with van der Waals surface area (Å²) in [6, 6.07) is 0. The summed E-state index contributed by atoms with van der Waals surface area (Å²) in [6.07, 6.45) is 5.10. The Kier molecular flexibility index (Phi) is 3.23. The minimum absolute atomic E-state index is 0.178. The van der Waals surface area contributed by atoms with Gasteiger partial charge in [-0.2, -0.15) is 0 Å². The molecule has 0 heterocycles. The van der Waals surface area contributed by atoms with Crippen LogP contribution in [0.2, 0.25) is 0 Å². The molecule has 0 aromatic heterocycles. The number of amides is 1. The van der Waals surface area contributed by atoms with Crippen LogP contribution in [0.3, 0.4) is 0 Å². The molecule has 1 N–H and O–H groups in total. The van der Waals surface area contributed by atoms with Crippen LogP contribution in [0.15, 0.2) is 0 Å². The van der Waals surface area contributed by atoms with Gasteiger partial charge in [-0.05, 0) is 24.7 Å². The maximum atomic E-state index is 11.7. The van der Waals surface area contributed by atoms with Crippen LogP contribution in [-0.4, -0.2) is 12.5 Å². The molecule has 1 rings (SSSR count). The van der Waals surface area contributed by atoms with Crippen LogP contribution in [0.4, 0.5) is 0 Å². The number of rotatable bonds is 3. The minimum atomic E-state index is -0.251. The predicted octanol–water partition coefficient (Wildman–Crippen LogP) is 2.73. The molecule has 1 saturated carbocycles. The lowest BCUT2D eigenvalue weighted by atomic mass is 9.67. The maximum Gasteiger partial charge on any atom is 0.225 e. The van der Waals surface area contributed by atoms with Gasteiger partial charge in [-0.3, -0.25) is 4.79 Å². The van der Waals surface area contributed by atoms with Gasteiger partial charge in [0.25, 0.3) is 0 Å². The van der Waals surface area contributed by atoms with Gasteiger partial charge >= 0.3 is 0 Å². The van der Waals surface area contributed by atoms with Gasteiger partial charge in [0.15, 0.2) is 0 Å². The molecule has 82 valence electrons. The smallest absolute Gasteiger partial charge is 0.225 e. The highest BCUT2D eigenvalue weighted by molar-refractivity contribution is 5.81. The van der Waals surface area contributed by atoms with Gasteiger partial charge in [-0.15, -0.1) is 0 Å². The second-order valence-corrected chi connectivity index (χ2v) is 5.64. The van der Waals surface area contributed by atoms with Gasteiger partial charge in [-0.25, -0.2) is 0 Å². The summed E-state index contributed by atoms with van der Waals surface area (Å²) in [6.45, 7) is 8.98. The number of carbonyl (C=O) groups is 1. The third kappa shape index (κ3) is 2.49. The third-order valence-corrected chi connectivity index (χ3v) is 3.47. The molecule has 2 heteroatoms. The summed E-state index contributed by atoms with van der Waals surface area (Å²) in [7, 11) is 0. The molecule has 0 bridgehead atoms. The Balaban J connectivity index is 2.36. The lowest BCUT2D eigenvalue weighted by molar-refractivity contribution is -0.129. The largest absolute Gasteiger partial charge is 0.355 e. The van der Waals surface area contributed by atoms with Crippen LogP contribution in [0.25, 0.3) is 0 Å². The van der Waals surface area contributed by atoms with Gasteiger partial charge in [-0.1, -0.05) is 34.1 Å². The first-order chi connectivity index (χ1) is 6.40. The molecule has 1 aliphatic rings. The summed E-state index contributed by atoms with van der Waals surface area (Å²) in [5, 5.41) is 3.08. The van der Waals surface area contributed by atoms with E-state index < -0.39 is 0 Å². The van der Waals surface area contributed by atoms with Crippen molar-refractivity contribution in [3.8, 4) is 0 Å². The molecule has 0 unspecified atom stereocenters. The Labute approximate surface area is 87.5 Å². The van der Waals surface area contributed by atoms with Crippen molar-refractivity contribution in [2.24, 2.45) is 10.8 Å². The van der Waals surface area contributed by atoms with Crippen molar-refractivity contribution < 1.29 is 4.79 Å². The molecule has 0 saturated heterocycles. The zero-order valence-electron chi connectivity index (χ0n) is 9.94. The fraction of sp³-hybridized carbons (Fsp3) is 0.917. The molecule has 1 fully saturated rings. The monoisotopic (exact) mass is 197 g/mol. The highest BCUT2D eigenvalue weighted by Gasteiger charge is 2.36. The number of hydrogen-bond donors (Lipinski definition) is 1. The standard InChI is InChI=1S/C12H23NO/c1-5-12(7-6-8-12)9-13-10(14)11(2,3)4/h5-9H2,1-4H3,(H,13,14). The highest BCUT2D eigenvalue weighted by Crippen LogP contribution is 2.43. The normalized spacial score (nSPS) is 20.0. The lowest BCUT2D eigenvalue weighted by Crippen LogP contribution is -2.45. The number of hydrogen-bond acceptors (Lipinski definition) is 1. The SMILES string of the molecule is CCC1(CNC(=O)C(C)(C)C)CCC1. The van der Waals surface area contributed by atoms with E-state index in [1.807, 2.05) is 20.8 Å². The van der Waals surface area contributed by atoms with Crippen molar-refractivity contribution in [3.63, 3.8) is 0 Å². The van der Waals surface area contributed by atoms with E-state index in [1.54, 1.807) is 0 Å². The van der Waals surface area contributed by atoms with Crippen molar-refractivity contribution in [2.45, 2.75) is 53.4 Å². The summed E-state index contributed by atoms with van der Waals surface area (Å²) < 4.78 is 0. The number of nitrogens with one attached hydrogen (secondary N) is 1. The van der Waals surface area contributed by atoms with Gasteiger partial charge in [0, 0.05) is 12.0 Å². The first kappa shape index (κ1) is 11.5. The van der Waals surface area contributed by atoms with Crippen molar-refractivity contribution in [1.29, 1.82) is 0 Å². The molecule has 0 spiro atoms. The van der Waals surface area contributed by atoms with Crippen LogP contribution in [-0.2, 0) is 4.79 Å². The molecule has 14 heavy (non-hydrogen) atoms. The zero-order chi connectivity index (χ0) is 10.8. The van der Waals surface area contributed by atoms with E-state index in [1.165, 1.54) is 25.7 Å². The van der Waals surface area contributed by atoms with Gasteiger partial charge in [0.2, 0.25) is 5.91 Å². The van der Waals surface area contributed by atoms with Crippen LogP contribution in [0.5, 0.6) is 0 Å². The fourth-order valence-corrected chi connectivity index (χ4v) is 1.87. The Bertz CT molecular complexity index is 205. The van der Waals surface area contributed by atoms with Gasteiger partial charge < -0.3 is 5.32 Å². The zero-order valence-corrected chi connectivity index (χ0v) is 9.94. The van der Waals surface area contributed by atoms with Crippen molar-refractivity contribution in [1.82, 2.24) is 5.32 Å². The molecule has 0 radical (unpaired) electrons. The van der Waals surface area contributed by atoms with E-state index >= 15 is 0 Å². The predicted molar refractivity (Wildman–Crippen MR) is 59.0 cm³/mol. The second-order valence-electron chi connectivity index (χ2n) is 5.64. The average Bonchev–Trinajstić information content (AvgIpc) is 2.01. The maximum absolute atomic E-state index is 11.7. The van der Waals surface area contributed by atoms with Crippen LogP contribution >= 0.6 is 0 Å². The topological polar surface area (TPSA) is 29.1 Å². The molecule has 1 amide bonds. The Morgan fingerprint density at radius 1 is 1.36 bits per heavy atom. The molecule has 1 aliphatic carbocycles. The Hall–Kier alpha value is -0.530. The number of carbonyl (C=O) groups excluding carboxylic acids is 1. The van der Waals surface area contributed by atoms with Crippen molar-refractivity contribution in [3.05, 3.63) is 0 Å². The fourth-order valence-electron chi connectivity index (χ4n) is 1.87. The van der Waals surface area contributed by atoms with E-state index in [2.05, 4.69) is 12.2 Å². The molecular weight excluding hydrogens is 174 g/mol. The van der Waals surface area contributed by atoms with E-state index in [4.69, 9.17) is 0 Å². The average molecular weight is 197 g/mol. The molecule has 2 nitrogen and oxygen atoms in total. The minimum Gasteiger partial charge on any atom is -0.355 e. The van der Waals surface area contributed by atoms with E-state index in [9.17, 15) is 4.79 Å². The molecule has 0 atom stereocenters. The van der Waals surface area contributed by atoms with E-state index in [0.717, 1.165) is 6.54 Å². The van der Waals surface area contributed by atoms with Crippen molar-refractivity contribution >= 4 is 5.91 Å². The summed E-state index contributed by atoms with van der Waals surface area (Å²) in [5.41, 5.74) is 0.180. The molecular formula is C12H23NO. The van der Waals surface area contributed by atoms with Gasteiger partial charge in [0.05, 0.1) is 0 Å². The van der Waals surface area contributed by atoms with Gasteiger partial charge in [0.1, 0.15) is 0 Å². The van der Waals surface area contributed by atoms with Crippen molar-refractivity contribution in [2.75, 3.05) is 6.54 Å². The van der Waals surface area contributed by atoms with E-state index in [-0.39, 0.29) is 11.3 Å². The Morgan fingerprint density at radius 2 is 1.93 bits per heavy atom.